The van der Waals surface area contributed by atoms with Gasteiger partial charge in [-0.05, 0) is 39.0 Å². The quantitative estimate of drug-likeness (QED) is 0.606. The number of carbonyl (C=O) groups is 2. The van der Waals surface area contributed by atoms with Crippen molar-refractivity contribution in [1.82, 2.24) is 0 Å². The van der Waals surface area contributed by atoms with Crippen molar-refractivity contribution < 1.29 is 19.1 Å². The maximum Gasteiger partial charge on any atom is 0.327 e. The van der Waals surface area contributed by atoms with Crippen LogP contribution < -0.4 is 0 Å². The Labute approximate surface area is 139 Å². The van der Waals surface area contributed by atoms with Gasteiger partial charge in [-0.25, -0.2) is 0 Å². The average Bonchev–Trinajstić information content (AvgIpc) is 3.06. The lowest BCUT2D eigenvalue weighted by Crippen LogP contribution is -2.48. The molecule has 0 aromatic heterocycles. The lowest BCUT2D eigenvalue weighted by atomic mass is 9.65. The lowest BCUT2D eigenvalue weighted by Gasteiger charge is -2.36. The topological polar surface area (TPSA) is 76.4 Å². The Kier molecular flexibility index (Phi) is 8.08. The van der Waals surface area contributed by atoms with Crippen molar-refractivity contribution in [2.45, 2.75) is 65.7 Å². The summed E-state index contributed by atoms with van der Waals surface area (Å²) in [5.41, 5.74) is -1.41. The molecule has 0 saturated heterocycles. The van der Waals surface area contributed by atoms with Crippen LogP contribution in [0.25, 0.3) is 0 Å². The van der Waals surface area contributed by atoms with Gasteiger partial charge in [-0.1, -0.05) is 32.6 Å². The number of rotatable bonds is 9. The van der Waals surface area contributed by atoms with E-state index in [2.05, 4.69) is 6.07 Å². The third-order valence-electron chi connectivity index (χ3n) is 4.76. The molecular formula is C18H29NO4. The first-order valence-corrected chi connectivity index (χ1v) is 8.83. The van der Waals surface area contributed by atoms with E-state index < -0.39 is 23.3 Å². The molecule has 0 N–H and O–H groups in total. The molecule has 2 atom stereocenters. The summed E-state index contributed by atoms with van der Waals surface area (Å²) in [4.78, 5) is 25.3. The van der Waals surface area contributed by atoms with Crippen LogP contribution in [0, 0.1) is 28.6 Å². The van der Waals surface area contributed by atoms with Crippen LogP contribution in [0.3, 0.4) is 0 Å². The van der Waals surface area contributed by atoms with Gasteiger partial charge in [0.1, 0.15) is 0 Å². The number of unbranched alkanes of at least 4 members (excludes halogenated alkanes) is 1. The van der Waals surface area contributed by atoms with Crippen molar-refractivity contribution in [3.8, 4) is 6.07 Å². The molecule has 130 valence electrons. The van der Waals surface area contributed by atoms with Crippen molar-refractivity contribution in [1.29, 1.82) is 5.26 Å². The van der Waals surface area contributed by atoms with Gasteiger partial charge in [0, 0.05) is 0 Å². The van der Waals surface area contributed by atoms with Gasteiger partial charge in [-0.15, -0.1) is 0 Å². The van der Waals surface area contributed by atoms with Gasteiger partial charge in [-0.2, -0.15) is 5.26 Å². The molecule has 1 fully saturated rings. The van der Waals surface area contributed by atoms with Crippen LogP contribution in [-0.4, -0.2) is 25.2 Å². The van der Waals surface area contributed by atoms with E-state index in [1.807, 2.05) is 6.92 Å². The predicted octanol–water partition coefficient (Wildman–Crippen LogP) is 3.62. The summed E-state index contributed by atoms with van der Waals surface area (Å²) < 4.78 is 10.4. The summed E-state index contributed by atoms with van der Waals surface area (Å²) in [6, 6.07) is 2.22. The molecule has 0 radical (unpaired) electrons. The van der Waals surface area contributed by atoms with Crippen LogP contribution >= 0.6 is 0 Å². The molecule has 1 aliphatic rings. The van der Waals surface area contributed by atoms with Crippen LogP contribution in [0.1, 0.15) is 65.7 Å². The summed E-state index contributed by atoms with van der Waals surface area (Å²) in [5.74, 6) is -1.86. The van der Waals surface area contributed by atoms with E-state index in [0.29, 0.717) is 6.42 Å². The second-order valence-corrected chi connectivity index (χ2v) is 6.13. The summed E-state index contributed by atoms with van der Waals surface area (Å²) in [6.45, 7) is 5.94. The normalized spacial score (nSPS) is 18.7. The number of carbonyl (C=O) groups excluding carboxylic acids is 2. The highest BCUT2D eigenvalue weighted by atomic mass is 16.5. The van der Waals surface area contributed by atoms with Crippen LogP contribution in [0.4, 0.5) is 0 Å². The minimum atomic E-state index is -1.41. The summed E-state index contributed by atoms with van der Waals surface area (Å²) in [6.07, 6.45) is 5.69. The first kappa shape index (κ1) is 19.5. The van der Waals surface area contributed by atoms with E-state index in [4.69, 9.17) is 9.47 Å². The van der Waals surface area contributed by atoms with Crippen molar-refractivity contribution in [3.05, 3.63) is 0 Å². The maximum atomic E-state index is 12.7. The molecule has 23 heavy (non-hydrogen) atoms. The largest absolute Gasteiger partial charge is 0.466 e. The molecule has 0 heterocycles. The Hall–Kier alpha value is -1.57. The number of nitriles is 1. The van der Waals surface area contributed by atoms with Gasteiger partial charge >= 0.3 is 11.9 Å². The van der Waals surface area contributed by atoms with Crippen molar-refractivity contribution in [2.75, 3.05) is 13.2 Å². The molecule has 0 spiro atoms. The van der Waals surface area contributed by atoms with E-state index >= 15 is 0 Å². The molecular weight excluding hydrogens is 294 g/mol. The molecule has 1 rings (SSSR count). The SMILES string of the molecule is CCCCC(C(=O)OCC)C(C#N)(C(=O)OCC)C1CCCC1. The third kappa shape index (κ3) is 4.25. The van der Waals surface area contributed by atoms with Gasteiger partial charge in [0.15, 0.2) is 5.41 Å². The second-order valence-electron chi connectivity index (χ2n) is 6.13. The Bertz CT molecular complexity index is 437. The first-order valence-electron chi connectivity index (χ1n) is 8.83. The molecule has 0 aliphatic heterocycles. The molecule has 0 bridgehead atoms. The van der Waals surface area contributed by atoms with Crippen LogP contribution in [0.2, 0.25) is 0 Å². The zero-order chi connectivity index (χ0) is 17.3. The van der Waals surface area contributed by atoms with Gasteiger partial charge in [0.2, 0.25) is 0 Å². The Balaban J connectivity index is 3.26. The van der Waals surface area contributed by atoms with E-state index in [-0.39, 0.29) is 19.1 Å². The number of nitrogens with zero attached hydrogens (tertiary/aromatic N) is 1. The molecule has 1 saturated carbocycles. The molecule has 5 nitrogen and oxygen atoms in total. The van der Waals surface area contributed by atoms with Crippen LogP contribution in [-0.2, 0) is 19.1 Å². The Morgan fingerprint density at radius 2 is 1.78 bits per heavy atom. The summed E-state index contributed by atoms with van der Waals surface area (Å²) in [5, 5.41) is 9.96. The van der Waals surface area contributed by atoms with E-state index in [0.717, 1.165) is 38.5 Å². The van der Waals surface area contributed by atoms with Gasteiger partial charge in [-0.3, -0.25) is 9.59 Å². The number of hydrogen-bond donors (Lipinski definition) is 0. The van der Waals surface area contributed by atoms with Crippen molar-refractivity contribution in [3.63, 3.8) is 0 Å². The first-order chi connectivity index (χ1) is 11.1. The van der Waals surface area contributed by atoms with Crippen molar-refractivity contribution >= 4 is 11.9 Å². The fraction of sp³-hybridized carbons (Fsp3) is 0.833. The smallest absolute Gasteiger partial charge is 0.327 e. The second kappa shape index (κ2) is 9.54. The summed E-state index contributed by atoms with van der Waals surface area (Å²) >= 11 is 0. The highest BCUT2D eigenvalue weighted by Gasteiger charge is 2.56. The zero-order valence-electron chi connectivity index (χ0n) is 14.6. The number of esters is 2. The minimum Gasteiger partial charge on any atom is -0.466 e. The molecule has 5 heteroatoms. The highest BCUT2D eigenvalue weighted by molar-refractivity contribution is 5.88. The molecule has 1 aliphatic carbocycles. The lowest BCUT2D eigenvalue weighted by molar-refractivity contribution is -0.169. The third-order valence-corrected chi connectivity index (χ3v) is 4.76. The monoisotopic (exact) mass is 323 g/mol. The number of ether oxygens (including phenoxy) is 2. The fourth-order valence-corrected chi connectivity index (χ4v) is 3.62. The van der Waals surface area contributed by atoms with Gasteiger partial charge in [0.05, 0.1) is 25.2 Å². The Morgan fingerprint density at radius 3 is 2.26 bits per heavy atom. The van der Waals surface area contributed by atoms with Crippen LogP contribution in [0.5, 0.6) is 0 Å². The molecule has 0 amide bonds. The van der Waals surface area contributed by atoms with Gasteiger partial charge < -0.3 is 9.47 Å². The molecule has 0 aromatic carbocycles. The number of hydrogen-bond acceptors (Lipinski definition) is 5. The standard InChI is InChI=1S/C18H29NO4/c1-4-7-12-15(16(20)22-5-2)18(13-19,17(21)23-6-3)14-10-8-9-11-14/h14-15H,4-12H2,1-3H3. The fourth-order valence-electron chi connectivity index (χ4n) is 3.62. The maximum absolute atomic E-state index is 12.7. The van der Waals surface area contributed by atoms with E-state index in [9.17, 15) is 14.9 Å². The van der Waals surface area contributed by atoms with Crippen molar-refractivity contribution in [2.24, 2.45) is 17.3 Å². The van der Waals surface area contributed by atoms with Crippen LogP contribution in [0.15, 0.2) is 0 Å². The average molecular weight is 323 g/mol. The summed E-state index contributed by atoms with van der Waals surface area (Å²) in [7, 11) is 0. The van der Waals surface area contributed by atoms with E-state index in [1.54, 1.807) is 13.8 Å². The van der Waals surface area contributed by atoms with E-state index in [1.165, 1.54) is 0 Å². The Morgan fingerprint density at radius 1 is 1.17 bits per heavy atom. The minimum absolute atomic E-state index is 0.127. The molecule has 2 unspecified atom stereocenters. The highest BCUT2D eigenvalue weighted by Crippen LogP contribution is 2.47. The molecule has 0 aromatic rings. The van der Waals surface area contributed by atoms with Gasteiger partial charge in [0.25, 0.3) is 0 Å². The zero-order valence-corrected chi connectivity index (χ0v) is 14.6. The predicted molar refractivity (Wildman–Crippen MR) is 86.3 cm³/mol.